The molecule has 6 rings (SSSR count). The van der Waals surface area contributed by atoms with Crippen molar-refractivity contribution >= 4 is 23.7 Å². The van der Waals surface area contributed by atoms with Gasteiger partial charge in [-0.15, -0.1) is 0 Å². The fourth-order valence-corrected chi connectivity index (χ4v) is 8.74. The summed E-state index contributed by atoms with van der Waals surface area (Å²) >= 11 is 0. The van der Waals surface area contributed by atoms with Crippen molar-refractivity contribution in [1.82, 2.24) is 0 Å². The molecule has 38 heavy (non-hydrogen) atoms. The van der Waals surface area contributed by atoms with Crippen LogP contribution in [0.4, 0.5) is 0 Å². The van der Waals surface area contributed by atoms with Crippen LogP contribution in [-0.2, 0) is 38.1 Å². The van der Waals surface area contributed by atoms with Gasteiger partial charge in [-0.3, -0.25) is 14.4 Å². The number of carbonyl (C=O) groups is 4. The Labute approximate surface area is 221 Å². The molecule has 0 unspecified atom stereocenters. The van der Waals surface area contributed by atoms with E-state index < -0.39 is 58.2 Å². The molecule has 0 bridgehead atoms. The lowest BCUT2D eigenvalue weighted by atomic mass is 9.64. The van der Waals surface area contributed by atoms with Gasteiger partial charge in [0.05, 0.1) is 24.0 Å². The topological polar surface area (TPSA) is 125 Å². The highest BCUT2D eigenvalue weighted by Gasteiger charge is 2.73. The SMILES string of the molecule is CC1=C/C(=C\[C@@H](C)C(=O)[C@]2(C)CC(=O)O[C@@H]3[C@H]4CC[C@H]5C(C)(C)O[C@@H]6CC(=O)O[C@@]65C[C@@]4(O)C[C@@H]32)OC1=O. The van der Waals surface area contributed by atoms with Crippen LogP contribution in [0, 0.1) is 29.1 Å². The summed E-state index contributed by atoms with van der Waals surface area (Å²) in [7, 11) is 0. The summed E-state index contributed by atoms with van der Waals surface area (Å²) in [6.07, 6.45) is 3.91. The summed E-state index contributed by atoms with van der Waals surface area (Å²) in [5.74, 6) is -2.54. The van der Waals surface area contributed by atoms with Crippen molar-refractivity contribution < 1.29 is 43.2 Å². The molecule has 0 radical (unpaired) electrons. The van der Waals surface area contributed by atoms with E-state index in [2.05, 4.69) is 0 Å². The molecule has 0 aromatic rings. The van der Waals surface area contributed by atoms with E-state index in [-0.39, 0.29) is 49.3 Å². The minimum atomic E-state index is -1.29. The van der Waals surface area contributed by atoms with Gasteiger partial charge in [0.15, 0.2) is 0 Å². The van der Waals surface area contributed by atoms with Crippen molar-refractivity contribution in [2.24, 2.45) is 29.1 Å². The molecule has 6 aliphatic rings. The highest BCUT2D eigenvalue weighted by atomic mass is 16.6. The van der Waals surface area contributed by atoms with Crippen molar-refractivity contribution in [1.29, 1.82) is 0 Å². The number of rotatable bonds is 3. The Bertz CT molecular complexity index is 1200. The Morgan fingerprint density at radius 2 is 1.87 bits per heavy atom. The first-order valence-corrected chi connectivity index (χ1v) is 13.7. The molecule has 0 amide bonds. The van der Waals surface area contributed by atoms with Crippen molar-refractivity contribution in [2.45, 2.75) is 102 Å². The predicted molar refractivity (Wildman–Crippen MR) is 131 cm³/mol. The maximum atomic E-state index is 13.9. The Hall–Kier alpha value is -2.52. The number of fused-ring (bicyclic) bond motifs is 3. The fraction of sp³-hybridized carbons (Fsp3) is 0.724. The molecule has 2 aliphatic carbocycles. The quantitative estimate of drug-likeness (QED) is 0.435. The third-order valence-corrected chi connectivity index (χ3v) is 10.4. The number of cyclic esters (lactones) is 1. The molecule has 9 atom stereocenters. The molecule has 9 nitrogen and oxygen atoms in total. The van der Waals surface area contributed by atoms with Gasteiger partial charge in [0.2, 0.25) is 0 Å². The number of ketones is 1. The van der Waals surface area contributed by atoms with E-state index in [9.17, 15) is 24.3 Å². The number of allylic oxidation sites excluding steroid dienone is 2. The molecule has 3 saturated heterocycles. The van der Waals surface area contributed by atoms with Crippen LogP contribution in [0.2, 0.25) is 0 Å². The van der Waals surface area contributed by atoms with E-state index >= 15 is 0 Å². The summed E-state index contributed by atoms with van der Waals surface area (Å²) in [5.41, 5.74) is -3.35. The fourth-order valence-electron chi connectivity index (χ4n) is 8.74. The molecular formula is C29H36O9. The lowest BCUT2D eigenvalue weighted by Gasteiger charge is -2.43. The molecule has 1 spiro atoms. The molecule has 1 N–H and O–H groups in total. The van der Waals surface area contributed by atoms with Crippen LogP contribution in [0.25, 0.3) is 0 Å². The van der Waals surface area contributed by atoms with Gasteiger partial charge in [-0.1, -0.05) is 13.8 Å². The van der Waals surface area contributed by atoms with Gasteiger partial charge in [-0.05, 0) is 52.2 Å². The molecule has 206 valence electrons. The molecule has 4 aliphatic heterocycles. The Kier molecular flexibility index (Phi) is 5.42. The number of carbonyl (C=O) groups excluding carboxylic acids is 4. The van der Waals surface area contributed by atoms with E-state index in [1.54, 1.807) is 32.9 Å². The number of aliphatic hydroxyl groups is 1. The van der Waals surface area contributed by atoms with Gasteiger partial charge >= 0.3 is 17.9 Å². The zero-order valence-corrected chi connectivity index (χ0v) is 22.6. The van der Waals surface area contributed by atoms with Crippen molar-refractivity contribution in [3.8, 4) is 0 Å². The number of ether oxygens (including phenoxy) is 4. The Balaban J connectivity index is 1.33. The largest absolute Gasteiger partial charge is 0.462 e. The number of hydrogen-bond donors (Lipinski definition) is 1. The Morgan fingerprint density at radius 3 is 2.55 bits per heavy atom. The maximum absolute atomic E-state index is 13.9. The average Bonchev–Trinajstić information content (AvgIpc) is 3.39. The second-order valence-electron chi connectivity index (χ2n) is 13.2. The summed E-state index contributed by atoms with van der Waals surface area (Å²) < 4.78 is 23.5. The van der Waals surface area contributed by atoms with Crippen LogP contribution in [0.15, 0.2) is 23.5 Å². The zero-order valence-electron chi connectivity index (χ0n) is 22.6. The summed E-state index contributed by atoms with van der Waals surface area (Å²) in [6.45, 7) is 9.18. The lowest BCUT2D eigenvalue weighted by Crippen LogP contribution is -2.50. The number of Topliss-reactive ketones (excluding diaryl/α,β-unsaturated/α-hetero) is 1. The maximum Gasteiger partial charge on any atom is 0.339 e. The summed E-state index contributed by atoms with van der Waals surface area (Å²) in [6, 6.07) is 0. The summed E-state index contributed by atoms with van der Waals surface area (Å²) in [5, 5.41) is 12.3. The van der Waals surface area contributed by atoms with Crippen molar-refractivity contribution in [2.75, 3.05) is 0 Å². The second-order valence-corrected chi connectivity index (χ2v) is 13.2. The van der Waals surface area contributed by atoms with E-state index in [0.29, 0.717) is 24.2 Å². The Morgan fingerprint density at radius 1 is 1.13 bits per heavy atom. The monoisotopic (exact) mass is 528 g/mol. The standard InChI is InChI=1S/C29H36O9/c1-14(8-16-9-15(2)25(33)35-16)24(32)27(5)12-22(31)36-23-17-6-7-19-26(3,4)37-20-10-21(30)38-29(19,20)13-28(17,34)11-18(23)27/h8-9,14,17-20,23,34H,6-7,10-13H2,1-5H3/b16-8+/t14-,17-,18+,19+,20-,23-,27-,28+,29-/m1/s1. The molecule has 9 heteroatoms. The van der Waals surface area contributed by atoms with Gasteiger partial charge in [-0.2, -0.15) is 0 Å². The smallest absolute Gasteiger partial charge is 0.339 e. The first-order valence-electron chi connectivity index (χ1n) is 13.7. The van der Waals surface area contributed by atoms with E-state index in [4.69, 9.17) is 18.9 Å². The van der Waals surface area contributed by atoms with Crippen molar-refractivity contribution in [3.05, 3.63) is 23.5 Å². The van der Waals surface area contributed by atoms with Crippen LogP contribution in [0.3, 0.4) is 0 Å². The normalized spacial score (nSPS) is 46.7. The lowest BCUT2D eigenvalue weighted by molar-refractivity contribution is -0.177. The second kappa shape index (κ2) is 8.01. The van der Waals surface area contributed by atoms with E-state index in [0.717, 1.165) is 0 Å². The van der Waals surface area contributed by atoms with Crippen LogP contribution in [0.1, 0.15) is 73.1 Å². The van der Waals surface area contributed by atoms with Crippen LogP contribution < -0.4 is 0 Å². The van der Waals surface area contributed by atoms with Gasteiger partial charge < -0.3 is 24.1 Å². The van der Waals surface area contributed by atoms with E-state index in [1.165, 1.54) is 0 Å². The molecule has 2 saturated carbocycles. The van der Waals surface area contributed by atoms with Gasteiger partial charge in [0, 0.05) is 41.1 Å². The third-order valence-electron chi connectivity index (χ3n) is 10.4. The minimum Gasteiger partial charge on any atom is -0.462 e. The number of esters is 3. The molecule has 0 aromatic heterocycles. The highest BCUT2D eigenvalue weighted by molar-refractivity contribution is 5.94. The van der Waals surface area contributed by atoms with Gasteiger partial charge in [0.25, 0.3) is 0 Å². The van der Waals surface area contributed by atoms with Crippen LogP contribution in [0.5, 0.6) is 0 Å². The first-order chi connectivity index (χ1) is 17.7. The first kappa shape index (κ1) is 25.7. The molecule has 0 aromatic carbocycles. The van der Waals surface area contributed by atoms with E-state index in [1.807, 2.05) is 13.8 Å². The molecular weight excluding hydrogens is 492 g/mol. The molecule has 5 fully saturated rings. The van der Waals surface area contributed by atoms with Crippen LogP contribution >= 0.6 is 0 Å². The van der Waals surface area contributed by atoms with Crippen LogP contribution in [-0.4, -0.2) is 57.8 Å². The van der Waals surface area contributed by atoms with Gasteiger partial charge in [0.1, 0.15) is 29.4 Å². The van der Waals surface area contributed by atoms with Gasteiger partial charge in [-0.25, -0.2) is 4.79 Å². The average molecular weight is 529 g/mol. The zero-order chi connectivity index (χ0) is 27.4. The highest BCUT2D eigenvalue weighted by Crippen LogP contribution is 2.64. The van der Waals surface area contributed by atoms with Crippen molar-refractivity contribution in [3.63, 3.8) is 0 Å². The predicted octanol–water partition coefficient (Wildman–Crippen LogP) is 2.93. The number of hydrogen-bond acceptors (Lipinski definition) is 9. The summed E-state index contributed by atoms with van der Waals surface area (Å²) in [4.78, 5) is 51.1. The third kappa shape index (κ3) is 3.50. The molecule has 4 heterocycles. The minimum absolute atomic E-state index is 0.0838.